The van der Waals surface area contributed by atoms with Gasteiger partial charge in [0.05, 0.1) is 15.8 Å². The summed E-state index contributed by atoms with van der Waals surface area (Å²) in [5, 5.41) is 4.09. The molecular weight excluding hydrogens is 387 g/mol. The SMILES string of the molecule is Cc1cc2c(cc1S(=O)(=O)[C@@H](C)CC(=O)Nc1cccc(F)c1)OCC(=O)N2. The minimum absolute atomic E-state index is 0.0356. The Labute approximate surface area is 161 Å². The number of sulfone groups is 1. The number of hydrogen-bond acceptors (Lipinski definition) is 5. The lowest BCUT2D eigenvalue weighted by Crippen LogP contribution is -2.27. The van der Waals surface area contributed by atoms with Crippen LogP contribution in [0.1, 0.15) is 18.9 Å². The van der Waals surface area contributed by atoms with Gasteiger partial charge in [-0.05, 0) is 43.7 Å². The predicted molar refractivity (Wildman–Crippen MR) is 102 cm³/mol. The highest BCUT2D eigenvalue weighted by molar-refractivity contribution is 7.92. The summed E-state index contributed by atoms with van der Waals surface area (Å²) in [5.74, 6) is -1.10. The van der Waals surface area contributed by atoms with Gasteiger partial charge in [0.2, 0.25) is 5.91 Å². The highest BCUT2D eigenvalue weighted by Crippen LogP contribution is 2.34. The largest absolute Gasteiger partial charge is 0.482 e. The molecule has 0 saturated carbocycles. The van der Waals surface area contributed by atoms with E-state index in [1.807, 2.05) is 0 Å². The molecule has 2 aromatic carbocycles. The highest BCUT2D eigenvalue weighted by Gasteiger charge is 2.29. The van der Waals surface area contributed by atoms with Gasteiger partial charge < -0.3 is 15.4 Å². The average molecular weight is 406 g/mol. The monoisotopic (exact) mass is 406 g/mol. The summed E-state index contributed by atoms with van der Waals surface area (Å²) in [6.07, 6.45) is -0.299. The number of hydrogen-bond donors (Lipinski definition) is 2. The van der Waals surface area contributed by atoms with Crippen LogP contribution in [-0.4, -0.2) is 32.1 Å². The second-order valence-corrected chi connectivity index (χ2v) is 8.90. The molecule has 0 bridgehead atoms. The summed E-state index contributed by atoms with van der Waals surface area (Å²) in [5.41, 5.74) is 1.09. The van der Waals surface area contributed by atoms with Crippen molar-refractivity contribution in [2.24, 2.45) is 0 Å². The van der Waals surface area contributed by atoms with Crippen molar-refractivity contribution in [3.63, 3.8) is 0 Å². The van der Waals surface area contributed by atoms with Gasteiger partial charge in [0, 0.05) is 18.2 Å². The van der Waals surface area contributed by atoms with Crippen LogP contribution in [0.4, 0.5) is 15.8 Å². The van der Waals surface area contributed by atoms with E-state index in [2.05, 4.69) is 10.6 Å². The Kier molecular flexibility index (Phi) is 5.37. The molecule has 7 nitrogen and oxygen atoms in total. The predicted octanol–water partition coefficient (Wildman–Crippen LogP) is 2.66. The molecule has 28 heavy (non-hydrogen) atoms. The third-order valence-electron chi connectivity index (χ3n) is 4.33. The van der Waals surface area contributed by atoms with Gasteiger partial charge in [-0.1, -0.05) is 6.07 Å². The molecule has 9 heteroatoms. The number of nitrogens with one attached hydrogen (secondary N) is 2. The van der Waals surface area contributed by atoms with Gasteiger partial charge >= 0.3 is 0 Å². The maximum atomic E-state index is 13.2. The zero-order chi connectivity index (χ0) is 20.5. The van der Waals surface area contributed by atoms with Crippen molar-refractivity contribution in [1.82, 2.24) is 0 Å². The smallest absolute Gasteiger partial charge is 0.262 e. The topological polar surface area (TPSA) is 102 Å². The fourth-order valence-electron chi connectivity index (χ4n) is 2.89. The van der Waals surface area contributed by atoms with Gasteiger partial charge in [-0.15, -0.1) is 0 Å². The van der Waals surface area contributed by atoms with Crippen LogP contribution in [0, 0.1) is 12.7 Å². The number of halogens is 1. The van der Waals surface area contributed by atoms with Crippen LogP contribution < -0.4 is 15.4 Å². The second kappa shape index (κ2) is 7.59. The van der Waals surface area contributed by atoms with E-state index in [0.29, 0.717) is 11.3 Å². The van der Waals surface area contributed by atoms with Crippen molar-refractivity contribution < 1.29 is 27.1 Å². The summed E-state index contributed by atoms with van der Waals surface area (Å²) in [6, 6.07) is 8.24. The molecule has 3 rings (SSSR count). The van der Waals surface area contributed by atoms with E-state index in [9.17, 15) is 22.4 Å². The van der Waals surface area contributed by atoms with Crippen molar-refractivity contribution in [3.05, 3.63) is 47.8 Å². The van der Waals surface area contributed by atoms with E-state index in [0.717, 1.165) is 6.07 Å². The molecule has 0 aromatic heterocycles. The number of fused-ring (bicyclic) bond motifs is 1. The maximum Gasteiger partial charge on any atom is 0.262 e. The third kappa shape index (κ3) is 4.14. The van der Waals surface area contributed by atoms with E-state index >= 15 is 0 Å². The lowest BCUT2D eigenvalue weighted by molar-refractivity contribution is -0.118. The van der Waals surface area contributed by atoms with Crippen LogP contribution in [0.15, 0.2) is 41.3 Å². The second-order valence-electron chi connectivity index (χ2n) is 6.57. The summed E-state index contributed by atoms with van der Waals surface area (Å²) in [4.78, 5) is 23.6. The normalized spacial score (nSPS) is 14.5. The Morgan fingerprint density at radius 1 is 1.32 bits per heavy atom. The number of anilines is 2. The highest BCUT2D eigenvalue weighted by atomic mass is 32.2. The number of amides is 2. The first kappa shape index (κ1) is 19.8. The molecule has 1 heterocycles. The Morgan fingerprint density at radius 3 is 2.79 bits per heavy atom. The Bertz CT molecular complexity index is 1050. The minimum Gasteiger partial charge on any atom is -0.482 e. The van der Waals surface area contributed by atoms with Crippen molar-refractivity contribution in [2.45, 2.75) is 30.4 Å². The average Bonchev–Trinajstić information content (AvgIpc) is 2.60. The first-order valence-electron chi connectivity index (χ1n) is 8.53. The summed E-state index contributed by atoms with van der Waals surface area (Å²) < 4.78 is 44.4. The van der Waals surface area contributed by atoms with Crippen LogP contribution in [0.25, 0.3) is 0 Å². The first-order chi connectivity index (χ1) is 13.2. The van der Waals surface area contributed by atoms with Gasteiger partial charge in [0.15, 0.2) is 16.4 Å². The molecule has 0 unspecified atom stereocenters. The zero-order valence-corrected chi connectivity index (χ0v) is 16.1. The van der Waals surface area contributed by atoms with Gasteiger partial charge in [0.25, 0.3) is 5.91 Å². The van der Waals surface area contributed by atoms with E-state index in [1.165, 1.54) is 37.3 Å². The zero-order valence-electron chi connectivity index (χ0n) is 15.3. The molecule has 1 aliphatic rings. The van der Waals surface area contributed by atoms with Crippen molar-refractivity contribution in [3.8, 4) is 5.75 Å². The summed E-state index contributed by atoms with van der Waals surface area (Å²) >= 11 is 0. The number of benzene rings is 2. The van der Waals surface area contributed by atoms with Crippen molar-refractivity contribution >= 4 is 33.0 Å². The maximum absolute atomic E-state index is 13.2. The van der Waals surface area contributed by atoms with Crippen LogP contribution in [0.3, 0.4) is 0 Å². The Balaban J connectivity index is 1.78. The summed E-state index contributed by atoms with van der Waals surface area (Å²) in [7, 11) is -3.84. The third-order valence-corrected chi connectivity index (χ3v) is 6.61. The van der Waals surface area contributed by atoms with Crippen LogP contribution in [-0.2, 0) is 19.4 Å². The van der Waals surface area contributed by atoms with Gasteiger partial charge in [-0.3, -0.25) is 9.59 Å². The molecule has 0 fully saturated rings. The number of carbonyl (C=O) groups is 2. The van der Waals surface area contributed by atoms with Crippen LogP contribution in [0.2, 0.25) is 0 Å². The Hall–Kier alpha value is -2.94. The molecule has 2 aromatic rings. The van der Waals surface area contributed by atoms with Gasteiger partial charge in [0.1, 0.15) is 11.6 Å². The Morgan fingerprint density at radius 2 is 2.07 bits per heavy atom. The first-order valence-corrected chi connectivity index (χ1v) is 10.1. The lowest BCUT2D eigenvalue weighted by Gasteiger charge is -2.21. The number of aryl methyl sites for hydroxylation is 1. The van der Waals surface area contributed by atoms with E-state index in [4.69, 9.17) is 4.74 Å². The van der Waals surface area contributed by atoms with E-state index in [-0.39, 0.29) is 35.3 Å². The number of carbonyl (C=O) groups excluding carboxylic acids is 2. The van der Waals surface area contributed by atoms with Gasteiger partial charge in [-0.2, -0.15) is 0 Å². The lowest BCUT2D eigenvalue weighted by atomic mass is 10.2. The fourth-order valence-corrected chi connectivity index (χ4v) is 4.47. The number of ether oxygens (including phenoxy) is 1. The van der Waals surface area contributed by atoms with E-state index < -0.39 is 26.8 Å². The summed E-state index contributed by atoms with van der Waals surface area (Å²) in [6.45, 7) is 2.84. The molecule has 148 valence electrons. The fraction of sp³-hybridized carbons (Fsp3) is 0.263. The molecule has 2 amide bonds. The minimum atomic E-state index is -3.84. The van der Waals surface area contributed by atoms with Crippen molar-refractivity contribution in [2.75, 3.05) is 17.2 Å². The molecule has 0 saturated heterocycles. The molecule has 0 spiro atoms. The van der Waals surface area contributed by atoms with Crippen LogP contribution in [0.5, 0.6) is 5.75 Å². The standard InChI is InChI=1S/C19H19FN2O5S/c1-11-6-15-16(27-10-19(24)22-15)9-17(11)28(25,26)12(2)7-18(23)21-14-5-3-4-13(20)8-14/h3-6,8-9,12H,7,10H2,1-2H3,(H,21,23)(H,22,24)/t12-/m0/s1. The number of rotatable bonds is 5. The van der Waals surface area contributed by atoms with Crippen LogP contribution >= 0.6 is 0 Å². The molecule has 2 N–H and O–H groups in total. The quantitative estimate of drug-likeness (QED) is 0.795. The van der Waals surface area contributed by atoms with Gasteiger partial charge in [-0.25, -0.2) is 12.8 Å². The molecular formula is C19H19FN2O5S. The molecule has 1 atom stereocenters. The molecule has 0 radical (unpaired) electrons. The molecule has 1 aliphatic heterocycles. The van der Waals surface area contributed by atoms with Crippen molar-refractivity contribution in [1.29, 1.82) is 0 Å². The van der Waals surface area contributed by atoms with E-state index in [1.54, 1.807) is 6.92 Å². The molecule has 0 aliphatic carbocycles.